The van der Waals surface area contributed by atoms with Crippen LogP contribution in [0.15, 0.2) is 59.1 Å². The Bertz CT molecular complexity index is 1440. The summed E-state index contributed by atoms with van der Waals surface area (Å²) in [4.78, 5) is 25.2. The van der Waals surface area contributed by atoms with Crippen LogP contribution in [0.2, 0.25) is 0 Å². The van der Waals surface area contributed by atoms with Crippen LogP contribution in [0.1, 0.15) is 31.8 Å². The molecule has 0 unspecified atom stereocenters. The summed E-state index contributed by atoms with van der Waals surface area (Å²) in [5.74, 6) is -5.58. The van der Waals surface area contributed by atoms with E-state index in [-0.39, 0.29) is 17.7 Å². The molecule has 0 saturated heterocycles. The fourth-order valence-electron chi connectivity index (χ4n) is 3.57. The molecule has 3 aromatic carbocycles. The molecule has 3 aromatic rings. The van der Waals surface area contributed by atoms with E-state index in [2.05, 4.69) is 26.0 Å². The summed E-state index contributed by atoms with van der Waals surface area (Å²) in [6.45, 7) is -3.83. The molecule has 0 atom stereocenters. The SMILES string of the molecule is O=C(Nc1cccc(C(=O)Cc2c(Br)cc(C(F)(C(F)(F)F)C(F)(F)F)cc2OC(F)F)c1F)c1ccc(F)cc1. The largest absolute Gasteiger partial charge is 0.435 e. The van der Waals surface area contributed by atoms with E-state index >= 15 is 4.39 Å². The Morgan fingerprint density at radius 3 is 2.00 bits per heavy atom. The van der Waals surface area contributed by atoms with Crippen molar-refractivity contribution in [3.05, 3.63) is 93.0 Å². The van der Waals surface area contributed by atoms with Gasteiger partial charge in [-0.1, -0.05) is 22.0 Å². The third-order valence-electron chi connectivity index (χ3n) is 5.54. The lowest BCUT2D eigenvalue weighted by atomic mass is 9.91. The average molecular weight is 664 g/mol. The molecule has 0 aromatic heterocycles. The van der Waals surface area contributed by atoms with Gasteiger partial charge in [-0.2, -0.15) is 35.1 Å². The number of nitrogens with one attached hydrogen (secondary N) is 1. The number of amides is 1. The number of rotatable bonds is 8. The second kappa shape index (κ2) is 11.7. The Labute approximate surface area is 231 Å². The molecule has 0 spiro atoms. The van der Waals surface area contributed by atoms with Crippen LogP contribution in [0.5, 0.6) is 5.75 Å². The van der Waals surface area contributed by atoms with Crippen molar-refractivity contribution in [2.24, 2.45) is 0 Å². The molecule has 41 heavy (non-hydrogen) atoms. The van der Waals surface area contributed by atoms with E-state index in [0.717, 1.165) is 42.5 Å². The van der Waals surface area contributed by atoms with Crippen molar-refractivity contribution in [3.8, 4) is 5.75 Å². The number of halogens is 12. The van der Waals surface area contributed by atoms with Gasteiger partial charge in [0.05, 0.1) is 11.3 Å². The van der Waals surface area contributed by atoms with Gasteiger partial charge in [0, 0.05) is 27.6 Å². The number of hydrogen-bond donors (Lipinski definition) is 1. The number of Topliss-reactive ketones (excluding diaryl/α,β-unsaturated/α-hetero) is 1. The van der Waals surface area contributed by atoms with Gasteiger partial charge in [-0.3, -0.25) is 9.59 Å². The van der Waals surface area contributed by atoms with Crippen molar-refractivity contribution in [2.75, 3.05) is 5.32 Å². The number of carbonyl (C=O) groups excluding carboxylic acids is 2. The van der Waals surface area contributed by atoms with Gasteiger partial charge in [0.15, 0.2) is 11.6 Å². The molecule has 0 saturated carbocycles. The summed E-state index contributed by atoms with van der Waals surface area (Å²) < 4.78 is 151. The van der Waals surface area contributed by atoms with Gasteiger partial charge in [0.2, 0.25) is 0 Å². The van der Waals surface area contributed by atoms with Gasteiger partial charge < -0.3 is 10.1 Å². The van der Waals surface area contributed by atoms with Gasteiger partial charge in [-0.05, 0) is 48.5 Å². The molecule has 4 nitrogen and oxygen atoms in total. The topological polar surface area (TPSA) is 55.4 Å². The van der Waals surface area contributed by atoms with Gasteiger partial charge in [0.25, 0.3) is 5.91 Å². The summed E-state index contributed by atoms with van der Waals surface area (Å²) in [5.41, 5.74) is -10.4. The van der Waals surface area contributed by atoms with E-state index < -0.39 is 87.0 Å². The first-order valence-corrected chi connectivity index (χ1v) is 11.6. The van der Waals surface area contributed by atoms with E-state index in [1.807, 2.05) is 0 Å². The summed E-state index contributed by atoms with van der Waals surface area (Å²) in [6, 6.07) is 6.76. The molecule has 0 aliphatic heterocycles. The maximum Gasteiger partial charge on any atom is 0.435 e. The highest BCUT2D eigenvalue weighted by Crippen LogP contribution is 2.54. The minimum Gasteiger partial charge on any atom is -0.434 e. The lowest BCUT2D eigenvalue weighted by Gasteiger charge is -2.31. The Balaban J connectivity index is 2.01. The molecule has 0 heterocycles. The standard InChI is InChI=1S/C25H13BrF11NO3/c26-16-8-12(23(31,24(32,33)34)25(35,36)37)9-19(41-22(29)30)15(16)10-18(39)14-2-1-3-17(20(14)28)38-21(40)11-4-6-13(27)7-5-11/h1-9,22H,10H2,(H,38,40). The molecular formula is C25H13BrF11NO3. The third-order valence-corrected chi connectivity index (χ3v) is 6.25. The normalized spacial score (nSPS) is 12.4. The predicted octanol–water partition coefficient (Wildman–Crippen LogP) is 8.30. The highest BCUT2D eigenvalue weighted by atomic mass is 79.9. The molecule has 0 radical (unpaired) electrons. The maximum absolute atomic E-state index is 15.1. The number of hydrogen-bond acceptors (Lipinski definition) is 3. The number of anilines is 1. The van der Waals surface area contributed by atoms with E-state index in [1.165, 1.54) is 0 Å². The van der Waals surface area contributed by atoms with E-state index in [4.69, 9.17) is 0 Å². The highest BCUT2D eigenvalue weighted by molar-refractivity contribution is 9.10. The minimum atomic E-state index is -6.58. The fourth-order valence-corrected chi connectivity index (χ4v) is 4.15. The summed E-state index contributed by atoms with van der Waals surface area (Å²) in [7, 11) is 0. The minimum absolute atomic E-state index is 0.0163. The first-order chi connectivity index (χ1) is 18.9. The summed E-state index contributed by atoms with van der Waals surface area (Å²) >= 11 is 2.56. The second-order valence-electron chi connectivity index (χ2n) is 8.20. The first kappa shape index (κ1) is 31.8. The molecule has 1 amide bonds. The number of ether oxygens (including phenoxy) is 1. The van der Waals surface area contributed by atoms with Gasteiger partial charge in [-0.15, -0.1) is 0 Å². The van der Waals surface area contributed by atoms with Crippen LogP contribution in [0.25, 0.3) is 0 Å². The Morgan fingerprint density at radius 1 is 0.878 bits per heavy atom. The number of benzene rings is 3. The lowest BCUT2D eigenvalue weighted by molar-refractivity contribution is -0.348. The van der Waals surface area contributed by atoms with Crippen LogP contribution in [-0.4, -0.2) is 30.7 Å². The fraction of sp³-hybridized carbons (Fsp3) is 0.200. The van der Waals surface area contributed by atoms with Crippen molar-refractivity contribution in [1.82, 2.24) is 0 Å². The maximum atomic E-state index is 15.1. The van der Waals surface area contributed by atoms with Crippen LogP contribution in [0, 0.1) is 11.6 Å². The van der Waals surface area contributed by atoms with Gasteiger partial charge in [-0.25, -0.2) is 13.2 Å². The first-order valence-electron chi connectivity index (χ1n) is 10.9. The van der Waals surface area contributed by atoms with E-state index in [0.29, 0.717) is 0 Å². The smallest absolute Gasteiger partial charge is 0.434 e. The molecular weight excluding hydrogens is 651 g/mol. The molecule has 0 bridgehead atoms. The number of alkyl halides is 9. The van der Waals surface area contributed by atoms with Crippen molar-refractivity contribution in [2.45, 2.75) is 31.1 Å². The Kier molecular flexibility index (Phi) is 9.05. The number of ketones is 1. The van der Waals surface area contributed by atoms with Crippen LogP contribution in [0.3, 0.4) is 0 Å². The van der Waals surface area contributed by atoms with Gasteiger partial charge in [0.1, 0.15) is 11.6 Å². The predicted molar refractivity (Wildman–Crippen MR) is 124 cm³/mol. The zero-order chi connectivity index (χ0) is 30.9. The van der Waals surface area contributed by atoms with Crippen molar-refractivity contribution < 1.29 is 62.6 Å². The monoisotopic (exact) mass is 663 g/mol. The molecule has 0 fully saturated rings. The molecule has 220 valence electrons. The molecule has 3 rings (SSSR count). The molecule has 0 aliphatic carbocycles. The summed E-state index contributed by atoms with van der Waals surface area (Å²) in [5, 5.41) is 2.13. The quantitative estimate of drug-likeness (QED) is 0.195. The van der Waals surface area contributed by atoms with Crippen LogP contribution >= 0.6 is 15.9 Å². The second-order valence-corrected chi connectivity index (χ2v) is 9.05. The molecule has 16 heteroatoms. The lowest BCUT2D eigenvalue weighted by Crippen LogP contribution is -2.50. The van der Waals surface area contributed by atoms with Crippen molar-refractivity contribution in [1.29, 1.82) is 0 Å². The third kappa shape index (κ3) is 6.63. The Hall–Kier alpha value is -3.69. The summed E-state index contributed by atoms with van der Waals surface area (Å²) in [6.07, 6.45) is -14.3. The van der Waals surface area contributed by atoms with Crippen LogP contribution in [0.4, 0.5) is 54.0 Å². The Morgan fingerprint density at radius 2 is 1.46 bits per heavy atom. The molecule has 0 aliphatic rings. The molecule has 1 N–H and O–H groups in total. The zero-order valence-corrected chi connectivity index (χ0v) is 21.3. The average Bonchev–Trinajstić information content (AvgIpc) is 2.85. The van der Waals surface area contributed by atoms with Crippen molar-refractivity contribution in [3.63, 3.8) is 0 Å². The van der Waals surface area contributed by atoms with E-state index in [1.54, 1.807) is 0 Å². The van der Waals surface area contributed by atoms with Crippen molar-refractivity contribution >= 4 is 33.3 Å². The van der Waals surface area contributed by atoms with Crippen LogP contribution < -0.4 is 10.1 Å². The highest BCUT2D eigenvalue weighted by Gasteiger charge is 2.73. The van der Waals surface area contributed by atoms with E-state index in [9.17, 15) is 53.5 Å². The van der Waals surface area contributed by atoms with Crippen LogP contribution in [-0.2, 0) is 12.1 Å². The van der Waals surface area contributed by atoms with Gasteiger partial charge >= 0.3 is 24.6 Å². The zero-order valence-electron chi connectivity index (χ0n) is 19.7. The number of carbonyl (C=O) groups is 2.